The van der Waals surface area contributed by atoms with E-state index < -0.39 is 31.1 Å². The predicted octanol–water partition coefficient (Wildman–Crippen LogP) is 5.15. The lowest BCUT2D eigenvalue weighted by molar-refractivity contribution is -0.286. The lowest BCUT2D eigenvalue weighted by Crippen LogP contribution is -2.47. The fourth-order valence-corrected chi connectivity index (χ4v) is 5.46. The zero-order chi connectivity index (χ0) is 26.4. The van der Waals surface area contributed by atoms with Crippen molar-refractivity contribution in [3.63, 3.8) is 0 Å². The van der Waals surface area contributed by atoms with Crippen molar-refractivity contribution in [2.24, 2.45) is 0 Å². The van der Waals surface area contributed by atoms with Crippen molar-refractivity contribution in [1.29, 1.82) is 0 Å². The largest absolute Gasteiger partial charge is 0.586 e. The van der Waals surface area contributed by atoms with Gasteiger partial charge in [-0.15, -0.1) is 8.78 Å². The Balaban J connectivity index is 1.41. The van der Waals surface area contributed by atoms with Gasteiger partial charge in [0, 0.05) is 31.7 Å². The van der Waals surface area contributed by atoms with Gasteiger partial charge >= 0.3 is 12.5 Å². The highest BCUT2D eigenvalue weighted by atomic mass is 19.4. The SMILES string of the molecule is C[C@@H]1Cc2cc3c(cc2[C@@H](c2ccc(N[C@H]4CCN(CCCF)C4)cn2)N1CC(F)(F)F)OC(F)(F)O3. The second kappa shape index (κ2) is 9.86. The van der Waals surface area contributed by atoms with Crippen molar-refractivity contribution >= 4 is 5.69 Å². The number of nitrogens with one attached hydrogen (secondary N) is 1. The molecule has 0 spiro atoms. The zero-order valence-corrected chi connectivity index (χ0v) is 20.2. The smallest absolute Gasteiger partial charge is 0.395 e. The third-order valence-electron chi connectivity index (χ3n) is 7.05. The summed E-state index contributed by atoms with van der Waals surface area (Å²) in [6.07, 6.45) is -5.11. The average molecular weight is 531 g/mol. The molecule has 2 aromatic rings. The summed E-state index contributed by atoms with van der Waals surface area (Å²) in [4.78, 5) is 7.97. The summed E-state index contributed by atoms with van der Waals surface area (Å²) in [7, 11) is 0. The Labute approximate surface area is 210 Å². The van der Waals surface area contributed by atoms with Crippen molar-refractivity contribution in [2.45, 2.75) is 56.8 Å². The Kier molecular flexibility index (Phi) is 6.90. The molecule has 12 heteroatoms. The number of ether oxygens (including phenoxy) is 2. The van der Waals surface area contributed by atoms with E-state index in [0.717, 1.165) is 25.2 Å². The number of nitrogens with zero attached hydrogens (tertiary/aromatic N) is 3. The molecule has 5 rings (SSSR count). The summed E-state index contributed by atoms with van der Waals surface area (Å²) in [6, 6.07) is 4.89. The van der Waals surface area contributed by atoms with E-state index in [9.17, 15) is 26.3 Å². The topological polar surface area (TPSA) is 49.9 Å². The standard InChI is InChI=1S/C25H28F6N4O2/c1-15-9-16-10-21-22(37-25(30,31)36-21)11-19(16)23(35(15)14-24(27,28)29)20-4-3-17(12-32-20)33-18-5-8-34(13-18)7-2-6-26/h3-4,10-12,15,18,23,33H,2,5-9,13-14H2,1H3/t15-,18+,23+/m1/s1. The maximum absolute atomic E-state index is 13.7. The highest BCUT2D eigenvalue weighted by molar-refractivity contribution is 5.53. The first-order valence-electron chi connectivity index (χ1n) is 12.3. The van der Waals surface area contributed by atoms with Gasteiger partial charge in [0.2, 0.25) is 0 Å². The van der Waals surface area contributed by atoms with E-state index >= 15 is 0 Å². The number of fused-ring (bicyclic) bond motifs is 2. The molecule has 4 heterocycles. The van der Waals surface area contributed by atoms with Gasteiger partial charge in [0.15, 0.2) is 11.5 Å². The average Bonchev–Trinajstić information content (AvgIpc) is 3.38. The van der Waals surface area contributed by atoms with E-state index in [2.05, 4.69) is 24.7 Å². The van der Waals surface area contributed by atoms with Gasteiger partial charge in [0.25, 0.3) is 0 Å². The van der Waals surface area contributed by atoms with E-state index in [0.29, 0.717) is 29.8 Å². The van der Waals surface area contributed by atoms with Crippen LogP contribution in [0.5, 0.6) is 11.5 Å². The molecule has 1 fully saturated rings. The van der Waals surface area contributed by atoms with Gasteiger partial charge in [-0.1, -0.05) is 0 Å². The van der Waals surface area contributed by atoms with E-state index in [4.69, 9.17) is 0 Å². The molecular weight excluding hydrogens is 502 g/mol. The number of alkyl halides is 6. The Morgan fingerprint density at radius 1 is 1.16 bits per heavy atom. The van der Waals surface area contributed by atoms with Crippen molar-refractivity contribution in [3.8, 4) is 11.5 Å². The minimum Gasteiger partial charge on any atom is -0.395 e. The number of hydrogen-bond donors (Lipinski definition) is 1. The first-order chi connectivity index (χ1) is 17.5. The Morgan fingerprint density at radius 3 is 2.59 bits per heavy atom. The van der Waals surface area contributed by atoms with Crippen LogP contribution in [0.25, 0.3) is 0 Å². The van der Waals surface area contributed by atoms with Gasteiger partial charge in [-0.05, 0) is 61.6 Å². The Hall–Kier alpha value is -2.73. The van der Waals surface area contributed by atoms with Crippen LogP contribution in [-0.2, 0) is 6.42 Å². The van der Waals surface area contributed by atoms with Crippen LogP contribution in [0.4, 0.5) is 32.0 Å². The fraction of sp³-hybridized carbons (Fsp3) is 0.560. The Morgan fingerprint density at radius 2 is 1.92 bits per heavy atom. The van der Waals surface area contributed by atoms with E-state index in [1.54, 1.807) is 25.3 Å². The third-order valence-corrected chi connectivity index (χ3v) is 7.05. The second-order valence-electron chi connectivity index (χ2n) is 9.85. The number of pyridine rings is 1. The molecule has 1 aromatic heterocycles. The van der Waals surface area contributed by atoms with Crippen LogP contribution in [0.1, 0.15) is 42.6 Å². The monoisotopic (exact) mass is 530 g/mol. The number of halogens is 6. The van der Waals surface area contributed by atoms with Gasteiger partial charge in [-0.3, -0.25) is 14.3 Å². The molecule has 3 aliphatic heterocycles. The maximum atomic E-state index is 13.7. The van der Waals surface area contributed by atoms with Crippen molar-refractivity contribution < 1.29 is 35.8 Å². The highest BCUT2D eigenvalue weighted by Crippen LogP contribution is 2.48. The van der Waals surface area contributed by atoms with Crippen molar-refractivity contribution in [1.82, 2.24) is 14.8 Å². The number of anilines is 1. The van der Waals surface area contributed by atoms with Gasteiger partial charge in [0.1, 0.15) is 0 Å². The number of benzene rings is 1. The summed E-state index contributed by atoms with van der Waals surface area (Å²) >= 11 is 0. The van der Waals surface area contributed by atoms with Gasteiger partial charge < -0.3 is 19.7 Å². The fourth-order valence-electron chi connectivity index (χ4n) is 5.46. The zero-order valence-electron chi connectivity index (χ0n) is 20.2. The summed E-state index contributed by atoms with van der Waals surface area (Å²) in [6.45, 7) is 2.48. The quantitative estimate of drug-likeness (QED) is 0.500. The van der Waals surface area contributed by atoms with Crippen molar-refractivity contribution in [2.75, 3.05) is 38.2 Å². The van der Waals surface area contributed by atoms with Crippen LogP contribution in [0.2, 0.25) is 0 Å². The molecule has 0 unspecified atom stereocenters. The first-order valence-corrected chi connectivity index (χ1v) is 12.3. The minimum absolute atomic E-state index is 0.136. The molecule has 3 aliphatic rings. The molecule has 0 bridgehead atoms. The molecular formula is C25H28F6N4O2. The molecule has 0 saturated carbocycles. The molecule has 0 radical (unpaired) electrons. The first kappa shape index (κ1) is 25.9. The number of aromatic nitrogens is 1. The molecule has 37 heavy (non-hydrogen) atoms. The maximum Gasteiger partial charge on any atom is 0.586 e. The van der Waals surface area contributed by atoms with Crippen molar-refractivity contribution in [3.05, 3.63) is 47.3 Å². The highest BCUT2D eigenvalue weighted by Gasteiger charge is 2.46. The summed E-state index contributed by atoms with van der Waals surface area (Å²) in [5.74, 6) is -0.351. The lowest BCUT2D eigenvalue weighted by atomic mass is 9.86. The van der Waals surface area contributed by atoms with Crippen LogP contribution in [0, 0.1) is 0 Å². The molecule has 0 aliphatic carbocycles. The van der Waals surface area contributed by atoms with Gasteiger partial charge in [0.05, 0.1) is 36.8 Å². The normalized spacial score (nSPS) is 25.3. The predicted molar refractivity (Wildman–Crippen MR) is 124 cm³/mol. The van der Waals surface area contributed by atoms with Crippen LogP contribution < -0.4 is 14.8 Å². The Bertz CT molecular complexity index is 1110. The molecule has 1 aromatic carbocycles. The van der Waals surface area contributed by atoms with Crippen LogP contribution >= 0.6 is 0 Å². The number of hydrogen-bond acceptors (Lipinski definition) is 6. The molecule has 1 saturated heterocycles. The van der Waals surface area contributed by atoms with E-state index in [1.165, 1.54) is 17.0 Å². The van der Waals surface area contributed by atoms with Crippen LogP contribution in [-0.4, -0.2) is 72.2 Å². The molecule has 1 N–H and O–H groups in total. The van der Waals surface area contributed by atoms with E-state index in [-0.39, 0.29) is 30.6 Å². The lowest BCUT2D eigenvalue weighted by Gasteiger charge is -2.42. The minimum atomic E-state index is -4.47. The number of likely N-dealkylation sites (tertiary alicyclic amines) is 1. The summed E-state index contributed by atoms with van der Waals surface area (Å²) in [5, 5.41) is 3.39. The molecule has 0 amide bonds. The molecule has 3 atom stereocenters. The second-order valence-corrected chi connectivity index (χ2v) is 9.85. The third kappa shape index (κ3) is 5.74. The van der Waals surface area contributed by atoms with Gasteiger partial charge in [-0.25, -0.2) is 0 Å². The summed E-state index contributed by atoms with van der Waals surface area (Å²) < 4.78 is 89.6. The van der Waals surface area contributed by atoms with E-state index in [1.807, 2.05) is 0 Å². The van der Waals surface area contributed by atoms with Crippen LogP contribution in [0.3, 0.4) is 0 Å². The summed E-state index contributed by atoms with van der Waals surface area (Å²) in [5.41, 5.74) is 2.12. The number of rotatable bonds is 7. The molecule has 6 nitrogen and oxygen atoms in total. The van der Waals surface area contributed by atoms with Crippen LogP contribution in [0.15, 0.2) is 30.5 Å². The molecule has 202 valence electrons. The van der Waals surface area contributed by atoms with Gasteiger partial charge in [-0.2, -0.15) is 13.2 Å².